The van der Waals surface area contributed by atoms with Gasteiger partial charge in [-0.1, -0.05) is 31.4 Å². The zero-order chi connectivity index (χ0) is 22.5. The van der Waals surface area contributed by atoms with Gasteiger partial charge in [-0.3, -0.25) is 9.59 Å². The van der Waals surface area contributed by atoms with Crippen LogP contribution < -0.4 is 5.32 Å². The van der Waals surface area contributed by atoms with Crippen molar-refractivity contribution in [2.24, 2.45) is 0 Å². The Kier molecular flexibility index (Phi) is 5.11. The number of nitrogens with one attached hydrogen (secondary N) is 1. The molecule has 1 fully saturated rings. The quantitative estimate of drug-likeness (QED) is 0.649. The molecule has 1 aliphatic heterocycles. The number of amides is 2. The molecule has 3 aromatic rings. The van der Waals surface area contributed by atoms with E-state index >= 15 is 0 Å². The molecule has 2 aliphatic rings. The molecule has 1 N–H and O–H groups in total. The van der Waals surface area contributed by atoms with Crippen molar-refractivity contribution in [3.8, 4) is 5.69 Å². The van der Waals surface area contributed by atoms with Gasteiger partial charge in [-0.2, -0.15) is 0 Å². The minimum atomic E-state index is -0.923. The number of hydrogen-bond donors (Lipinski definition) is 1. The predicted octanol–water partition coefficient (Wildman–Crippen LogP) is 4.42. The second kappa shape index (κ2) is 7.84. The van der Waals surface area contributed by atoms with Crippen LogP contribution in [0.2, 0.25) is 0 Å². The lowest BCUT2D eigenvalue weighted by Gasteiger charge is -2.44. The second-order valence-electron chi connectivity index (χ2n) is 9.58. The summed E-state index contributed by atoms with van der Waals surface area (Å²) in [5, 5.41) is 4.31. The van der Waals surface area contributed by atoms with E-state index < -0.39 is 5.54 Å². The fraction of sp³-hybridized carbons (Fsp3) is 0.462. The topological polar surface area (TPSA) is 59.3 Å². The standard InChI is InChI=1S/C26H32N4O2/c1-4-13-30-24(31)23-22(28-14-7-8-15-28)20-16-18(2)11-12-21(20)29(23)17-26(30,3)25(32)27-19-9-5-6-10-19/h7-8,11-12,14-16,19H,4-6,9-10,13,17H2,1-3H3,(H,27,32)/t26-/m0/s1. The normalized spacial score (nSPS) is 21.3. The number of benzene rings is 1. The van der Waals surface area contributed by atoms with Crippen molar-refractivity contribution in [1.29, 1.82) is 0 Å². The van der Waals surface area contributed by atoms with Crippen LogP contribution >= 0.6 is 0 Å². The van der Waals surface area contributed by atoms with Gasteiger partial charge in [0.15, 0.2) is 0 Å². The average Bonchev–Trinajstić information content (AvgIpc) is 3.51. The van der Waals surface area contributed by atoms with Gasteiger partial charge in [-0.05, 0) is 57.4 Å². The van der Waals surface area contributed by atoms with Crippen molar-refractivity contribution in [3.05, 3.63) is 54.0 Å². The smallest absolute Gasteiger partial charge is 0.273 e. The number of nitrogens with zero attached hydrogens (tertiary/aromatic N) is 3. The Morgan fingerprint density at radius 2 is 1.91 bits per heavy atom. The van der Waals surface area contributed by atoms with E-state index in [2.05, 4.69) is 41.9 Å². The van der Waals surface area contributed by atoms with Gasteiger partial charge < -0.3 is 19.4 Å². The highest BCUT2D eigenvalue weighted by atomic mass is 16.2. The number of rotatable bonds is 5. The van der Waals surface area contributed by atoms with Crippen LogP contribution in [-0.4, -0.2) is 44.0 Å². The van der Waals surface area contributed by atoms with Gasteiger partial charge in [-0.15, -0.1) is 0 Å². The molecule has 6 nitrogen and oxygen atoms in total. The first-order valence-corrected chi connectivity index (χ1v) is 11.8. The van der Waals surface area contributed by atoms with Crippen LogP contribution in [0.1, 0.15) is 62.0 Å². The Bertz CT molecular complexity index is 1170. The molecule has 2 amide bonds. The number of carbonyl (C=O) groups excluding carboxylic acids is 2. The summed E-state index contributed by atoms with van der Waals surface area (Å²) in [7, 11) is 0. The predicted molar refractivity (Wildman–Crippen MR) is 126 cm³/mol. The first kappa shape index (κ1) is 20.9. The molecular formula is C26H32N4O2. The largest absolute Gasteiger partial charge is 0.351 e. The molecule has 6 heteroatoms. The first-order valence-electron chi connectivity index (χ1n) is 11.8. The van der Waals surface area contributed by atoms with Gasteiger partial charge in [0.25, 0.3) is 5.91 Å². The number of fused-ring (bicyclic) bond motifs is 3. The van der Waals surface area contributed by atoms with Crippen LogP contribution in [0.25, 0.3) is 16.6 Å². The third-order valence-corrected chi connectivity index (χ3v) is 7.19. The van der Waals surface area contributed by atoms with Crippen molar-refractivity contribution < 1.29 is 9.59 Å². The highest BCUT2D eigenvalue weighted by Crippen LogP contribution is 2.38. The van der Waals surface area contributed by atoms with E-state index in [1.165, 1.54) is 0 Å². The summed E-state index contributed by atoms with van der Waals surface area (Å²) in [4.78, 5) is 29.5. The van der Waals surface area contributed by atoms with Gasteiger partial charge in [0.2, 0.25) is 5.91 Å². The average molecular weight is 433 g/mol. The molecule has 1 atom stereocenters. The summed E-state index contributed by atoms with van der Waals surface area (Å²) in [6.45, 7) is 7.07. The van der Waals surface area contributed by atoms with Gasteiger partial charge >= 0.3 is 0 Å². The molecular weight excluding hydrogens is 400 g/mol. The zero-order valence-corrected chi connectivity index (χ0v) is 19.2. The fourth-order valence-electron chi connectivity index (χ4n) is 5.50. The Morgan fingerprint density at radius 1 is 1.19 bits per heavy atom. The molecule has 3 heterocycles. The summed E-state index contributed by atoms with van der Waals surface area (Å²) in [5.41, 5.74) is 2.79. The zero-order valence-electron chi connectivity index (χ0n) is 19.2. The Hall–Kier alpha value is -3.02. The maximum atomic E-state index is 14.0. The molecule has 0 bridgehead atoms. The monoisotopic (exact) mass is 432 g/mol. The summed E-state index contributed by atoms with van der Waals surface area (Å²) >= 11 is 0. The third kappa shape index (κ3) is 3.15. The van der Waals surface area contributed by atoms with E-state index in [9.17, 15) is 9.59 Å². The highest BCUT2D eigenvalue weighted by Gasteiger charge is 2.49. The lowest BCUT2D eigenvalue weighted by atomic mass is 9.93. The molecule has 168 valence electrons. The van der Waals surface area contributed by atoms with Crippen LogP contribution in [0.4, 0.5) is 0 Å². The van der Waals surface area contributed by atoms with Crippen molar-refractivity contribution in [2.45, 2.75) is 71.0 Å². The summed E-state index contributed by atoms with van der Waals surface area (Å²) < 4.78 is 4.10. The van der Waals surface area contributed by atoms with Crippen molar-refractivity contribution in [2.75, 3.05) is 6.54 Å². The molecule has 1 saturated carbocycles. The molecule has 0 unspecified atom stereocenters. The van der Waals surface area contributed by atoms with Crippen LogP contribution in [0, 0.1) is 6.92 Å². The fourth-order valence-corrected chi connectivity index (χ4v) is 5.50. The van der Waals surface area contributed by atoms with Crippen LogP contribution in [0.3, 0.4) is 0 Å². The van der Waals surface area contributed by atoms with Gasteiger partial charge in [-0.25, -0.2) is 0 Å². The molecule has 1 aliphatic carbocycles. The Balaban J connectivity index is 1.68. The lowest BCUT2D eigenvalue weighted by molar-refractivity contribution is -0.133. The maximum Gasteiger partial charge on any atom is 0.273 e. The third-order valence-electron chi connectivity index (χ3n) is 7.19. The van der Waals surface area contributed by atoms with E-state index in [0.717, 1.165) is 54.3 Å². The minimum absolute atomic E-state index is 0.0340. The van der Waals surface area contributed by atoms with E-state index in [0.29, 0.717) is 18.8 Å². The number of aromatic nitrogens is 2. The number of hydrogen-bond acceptors (Lipinski definition) is 2. The van der Waals surface area contributed by atoms with E-state index in [1.807, 2.05) is 40.9 Å². The van der Waals surface area contributed by atoms with Crippen molar-refractivity contribution >= 4 is 22.7 Å². The highest BCUT2D eigenvalue weighted by molar-refractivity contribution is 6.09. The minimum Gasteiger partial charge on any atom is -0.351 e. The van der Waals surface area contributed by atoms with Gasteiger partial charge in [0.1, 0.15) is 11.2 Å². The van der Waals surface area contributed by atoms with E-state index in [4.69, 9.17) is 0 Å². The number of carbonyl (C=O) groups is 2. The maximum absolute atomic E-state index is 14.0. The molecule has 0 radical (unpaired) electrons. The molecule has 2 aromatic heterocycles. The van der Waals surface area contributed by atoms with Crippen LogP contribution in [0.15, 0.2) is 42.7 Å². The van der Waals surface area contributed by atoms with Crippen molar-refractivity contribution in [1.82, 2.24) is 19.4 Å². The van der Waals surface area contributed by atoms with Gasteiger partial charge in [0, 0.05) is 30.4 Å². The molecule has 5 rings (SSSR count). The number of aryl methyl sites for hydroxylation is 1. The summed E-state index contributed by atoms with van der Waals surface area (Å²) in [6.07, 6.45) is 9.13. The molecule has 0 spiro atoms. The van der Waals surface area contributed by atoms with Crippen LogP contribution in [-0.2, 0) is 11.3 Å². The van der Waals surface area contributed by atoms with E-state index in [-0.39, 0.29) is 17.9 Å². The van der Waals surface area contributed by atoms with Crippen molar-refractivity contribution in [3.63, 3.8) is 0 Å². The SMILES string of the molecule is CCCN1C(=O)c2c(-n3cccc3)c3cc(C)ccc3n2C[C@@]1(C)C(=O)NC1CCCC1. The molecule has 32 heavy (non-hydrogen) atoms. The van der Waals surface area contributed by atoms with Crippen LogP contribution in [0.5, 0.6) is 0 Å². The lowest BCUT2D eigenvalue weighted by Crippen LogP contribution is -2.65. The summed E-state index contributed by atoms with van der Waals surface area (Å²) in [6, 6.07) is 10.5. The molecule has 1 aromatic carbocycles. The van der Waals surface area contributed by atoms with Gasteiger partial charge in [0.05, 0.1) is 17.7 Å². The Morgan fingerprint density at radius 3 is 2.59 bits per heavy atom. The Labute approximate surface area is 189 Å². The molecule has 0 saturated heterocycles. The van der Waals surface area contributed by atoms with E-state index in [1.54, 1.807) is 0 Å². The summed E-state index contributed by atoms with van der Waals surface area (Å²) in [5.74, 6) is -0.104. The second-order valence-corrected chi connectivity index (χ2v) is 9.58. The first-order chi connectivity index (χ1) is 15.4.